The molecule has 0 fully saturated rings. The Bertz CT molecular complexity index is 1350. The molecule has 0 radical (unpaired) electrons. The van der Waals surface area contributed by atoms with Gasteiger partial charge in [0.25, 0.3) is 0 Å². The predicted molar refractivity (Wildman–Crippen MR) is 288 cm³/mol. The van der Waals surface area contributed by atoms with Crippen LogP contribution in [0, 0.1) is 0 Å². The molecule has 0 bridgehead atoms. The van der Waals surface area contributed by atoms with E-state index in [4.69, 9.17) is 14.2 Å². The van der Waals surface area contributed by atoms with E-state index in [0.717, 1.165) is 96.3 Å². The van der Waals surface area contributed by atoms with Crippen molar-refractivity contribution in [3.8, 4) is 0 Å². The molecule has 0 spiro atoms. The van der Waals surface area contributed by atoms with E-state index in [1.54, 1.807) is 0 Å². The molecule has 0 saturated heterocycles. The van der Waals surface area contributed by atoms with E-state index in [1.807, 2.05) is 6.08 Å². The topological polar surface area (TPSA) is 61.8 Å². The minimum Gasteiger partial charge on any atom is -0.462 e. The molecule has 0 heterocycles. The van der Waals surface area contributed by atoms with Gasteiger partial charge in [0.05, 0.1) is 6.61 Å². The van der Waals surface area contributed by atoms with E-state index < -0.39 is 6.10 Å². The molecule has 0 aromatic heterocycles. The van der Waals surface area contributed by atoms with Crippen molar-refractivity contribution in [3.05, 3.63) is 122 Å². The first kappa shape index (κ1) is 62.3. The van der Waals surface area contributed by atoms with Crippen molar-refractivity contribution in [1.82, 2.24) is 0 Å². The number of rotatable bonds is 48. The van der Waals surface area contributed by atoms with Gasteiger partial charge < -0.3 is 14.2 Å². The zero-order chi connectivity index (χ0) is 47.7. The third kappa shape index (κ3) is 52.9. The van der Waals surface area contributed by atoms with Gasteiger partial charge in [0.1, 0.15) is 6.61 Å². The van der Waals surface area contributed by atoms with Gasteiger partial charge in [-0.3, -0.25) is 9.59 Å². The Labute approximate surface area is 407 Å². The summed E-state index contributed by atoms with van der Waals surface area (Å²) in [5, 5.41) is 0. The first-order valence-corrected chi connectivity index (χ1v) is 27.1. The summed E-state index contributed by atoms with van der Waals surface area (Å²) in [7, 11) is 0. The Morgan fingerprint density at radius 1 is 0.348 bits per heavy atom. The fourth-order valence-corrected chi connectivity index (χ4v) is 7.01. The third-order valence-electron chi connectivity index (χ3n) is 11.0. The molecular formula is C61H100O5. The van der Waals surface area contributed by atoms with Crippen molar-refractivity contribution < 1.29 is 23.8 Å². The lowest BCUT2D eigenvalue weighted by Gasteiger charge is -2.18. The Hall–Kier alpha value is -3.70. The first-order chi connectivity index (χ1) is 32.6. The quantitative estimate of drug-likeness (QED) is 0.0346. The molecule has 1 unspecified atom stereocenters. The zero-order valence-corrected chi connectivity index (χ0v) is 42.9. The average molecular weight is 913 g/mol. The van der Waals surface area contributed by atoms with Crippen molar-refractivity contribution >= 4 is 11.9 Å². The highest BCUT2D eigenvalue weighted by atomic mass is 16.6. The number of hydrogen-bond acceptors (Lipinski definition) is 5. The van der Waals surface area contributed by atoms with Gasteiger partial charge >= 0.3 is 11.9 Å². The van der Waals surface area contributed by atoms with E-state index in [-0.39, 0.29) is 31.6 Å². The Balaban J connectivity index is 4.38. The number of allylic oxidation sites excluding steroid dienone is 20. The van der Waals surface area contributed by atoms with E-state index >= 15 is 0 Å². The van der Waals surface area contributed by atoms with Crippen molar-refractivity contribution in [3.63, 3.8) is 0 Å². The van der Waals surface area contributed by atoms with E-state index in [9.17, 15) is 9.59 Å². The number of unbranched alkanes of at least 4 members (excludes halogenated alkanes) is 17. The van der Waals surface area contributed by atoms with E-state index in [1.165, 1.54) is 89.9 Å². The summed E-state index contributed by atoms with van der Waals surface area (Å²) in [6, 6.07) is 0. The lowest BCUT2D eigenvalue weighted by atomic mass is 10.1. The zero-order valence-electron chi connectivity index (χ0n) is 42.9. The number of carbonyl (C=O) groups is 2. The minimum absolute atomic E-state index is 0.0395. The lowest BCUT2D eigenvalue weighted by molar-refractivity contribution is -0.162. The third-order valence-corrected chi connectivity index (χ3v) is 11.0. The molecule has 5 heteroatoms. The summed E-state index contributed by atoms with van der Waals surface area (Å²) in [6.07, 6.45) is 78.0. The van der Waals surface area contributed by atoms with Crippen LogP contribution >= 0.6 is 0 Å². The summed E-state index contributed by atoms with van der Waals surface area (Å²) >= 11 is 0. The van der Waals surface area contributed by atoms with Crippen molar-refractivity contribution in [2.24, 2.45) is 0 Å². The van der Waals surface area contributed by atoms with Gasteiger partial charge in [-0.05, 0) is 116 Å². The second kappa shape index (κ2) is 55.6. The summed E-state index contributed by atoms with van der Waals surface area (Å²) < 4.78 is 17.3. The molecule has 66 heavy (non-hydrogen) atoms. The molecule has 0 aliphatic rings. The first-order valence-electron chi connectivity index (χ1n) is 27.1. The molecule has 0 saturated carbocycles. The monoisotopic (exact) mass is 913 g/mol. The second-order valence-electron chi connectivity index (χ2n) is 17.4. The van der Waals surface area contributed by atoms with E-state index in [2.05, 4.69) is 136 Å². The maximum atomic E-state index is 12.8. The predicted octanol–water partition coefficient (Wildman–Crippen LogP) is 18.6. The Morgan fingerprint density at radius 3 is 1.15 bits per heavy atom. The van der Waals surface area contributed by atoms with Gasteiger partial charge in [-0.1, -0.05) is 219 Å². The van der Waals surface area contributed by atoms with Gasteiger partial charge in [0.15, 0.2) is 6.10 Å². The number of hydrogen-bond donors (Lipinski definition) is 0. The van der Waals surface area contributed by atoms with Crippen LogP contribution in [0.5, 0.6) is 0 Å². The fourth-order valence-electron chi connectivity index (χ4n) is 7.01. The summed E-state index contributed by atoms with van der Waals surface area (Å²) in [5.74, 6) is -0.516. The van der Waals surface area contributed by atoms with Crippen molar-refractivity contribution in [1.29, 1.82) is 0 Å². The Morgan fingerprint density at radius 2 is 0.712 bits per heavy atom. The molecule has 0 rings (SSSR count). The number of carbonyl (C=O) groups excluding carboxylic acids is 2. The number of esters is 2. The smallest absolute Gasteiger partial charge is 0.306 e. The normalized spacial score (nSPS) is 13.2. The molecule has 5 nitrogen and oxygen atoms in total. The van der Waals surface area contributed by atoms with Crippen LogP contribution in [0.4, 0.5) is 0 Å². The van der Waals surface area contributed by atoms with Crippen LogP contribution < -0.4 is 0 Å². The molecular weight excluding hydrogens is 813 g/mol. The molecule has 0 aliphatic carbocycles. The molecule has 0 aliphatic heterocycles. The summed E-state index contributed by atoms with van der Waals surface area (Å²) in [6.45, 7) is 7.46. The average Bonchev–Trinajstić information content (AvgIpc) is 3.32. The molecule has 0 N–H and O–H groups in total. The number of ether oxygens (including phenoxy) is 3. The molecule has 1 atom stereocenters. The molecule has 374 valence electrons. The maximum absolute atomic E-state index is 12.8. The van der Waals surface area contributed by atoms with Crippen LogP contribution in [0.15, 0.2) is 122 Å². The van der Waals surface area contributed by atoms with Crippen molar-refractivity contribution in [2.45, 2.75) is 232 Å². The van der Waals surface area contributed by atoms with Crippen LogP contribution in [0.25, 0.3) is 0 Å². The van der Waals surface area contributed by atoms with Gasteiger partial charge in [-0.25, -0.2) is 0 Å². The van der Waals surface area contributed by atoms with Gasteiger partial charge in [0.2, 0.25) is 0 Å². The van der Waals surface area contributed by atoms with Crippen molar-refractivity contribution in [2.75, 3.05) is 19.8 Å². The summed E-state index contributed by atoms with van der Waals surface area (Å²) in [5.41, 5.74) is 0. The summed E-state index contributed by atoms with van der Waals surface area (Å²) in [4.78, 5) is 25.4. The van der Waals surface area contributed by atoms with Crippen LogP contribution in [-0.2, 0) is 23.8 Å². The highest BCUT2D eigenvalue weighted by Gasteiger charge is 2.17. The largest absolute Gasteiger partial charge is 0.462 e. The maximum Gasteiger partial charge on any atom is 0.306 e. The van der Waals surface area contributed by atoms with E-state index in [0.29, 0.717) is 19.4 Å². The SMILES string of the molecule is CC/C=C\C/C=C\C/C=C\C/C=C\CCCCCCCCC(=O)OCC(COCCCCCCCCCC/C=C\C/C=C\CCCCC)OC(=O)CC/C=C\C/C=C\C/C=C\C/C=C\CC. The standard InChI is InChI=1S/C61H100O5/c1-4-7-10-13-16-19-22-25-27-29-31-32-34-37-39-42-45-48-51-54-60(62)65-58-59(66-61(63)55-52-49-46-43-40-36-24-21-18-15-12-9-6-3)57-64-56-53-50-47-44-41-38-35-33-30-28-26-23-20-17-14-11-8-5-2/h7,9-10,12,16-21,25-28,31-32,36,40,46,49,59H,4-6,8,11,13-15,22-24,29-30,33-35,37-39,41-45,47-48,50-58H2,1-3H3/b10-7-,12-9-,19-16-,20-17-,21-18-,27-25-,28-26-,32-31-,40-36-,49-46-. The van der Waals surface area contributed by atoms with Crippen LogP contribution in [0.1, 0.15) is 226 Å². The molecule has 0 aromatic carbocycles. The minimum atomic E-state index is -0.592. The fraction of sp³-hybridized carbons (Fsp3) is 0.639. The van der Waals surface area contributed by atoms with Crippen LogP contribution in [-0.4, -0.2) is 37.9 Å². The van der Waals surface area contributed by atoms with Crippen LogP contribution in [0.2, 0.25) is 0 Å². The van der Waals surface area contributed by atoms with Gasteiger partial charge in [0, 0.05) is 19.4 Å². The lowest BCUT2D eigenvalue weighted by Crippen LogP contribution is -2.30. The second-order valence-corrected chi connectivity index (χ2v) is 17.4. The van der Waals surface area contributed by atoms with Gasteiger partial charge in [-0.2, -0.15) is 0 Å². The van der Waals surface area contributed by atoms with Gasteiger partial charge in [-0.15, -0.1) is 0 Å². The molecule has 0 aromatic rings. The highest BCUT2D eigenvalue weighted by molar-refractivity contribution is 5.70. The Kier molecular flexibility index (Phi) is 52.5. The molecule has 0 amide bonds. The van der Waals surface area contributed by atoms with Crippen LogP contribution in [0.3, 0.4) is 0 Å². The highest BCUT2D eigenvalue weighted by Crippen LogP contribution is 2.13.